The second kappa shape index (κ2) is 5.04. The average molecular weight is 237 g/mol. The summed E-state index contributed by atoms with van der Waals surface area (Å²) in [5.74, 6) is 1.87. The molecule has 0 atom stereocenters. The van der Waals surface area contributed by atoms with Crippen LogP contribution in [0.2, 0.25) is 0 Å². The van der Waals surface area contributed by atoms with E-state index in [1.807, 2.05) is 18.7 Å². The van der Waals surface area contributed by atoms with E-state index in [0.717, 1.165) is 24.7 Å². The van der Waals surface area contributed by atoms with Crippen molar-refractivity contribution in [1.82, 2.24) is 14.8 Å². The number of aromatic nitrogens is 3. The number of hydrogen-bond donors (Lipinski definition) is 2. The van der Waals surface area contributed by atoms with Gasteiger partial charge < -0.3 is 15.6 Å². The monoisotopic (exact) mass is 237 g/mol. The molecule has 17 heavy (non-hydrogen) atoms. The Labute approximate surface area is 103 Å². The van der Waals surface area contributed by atoms with E-state index < -0.39 is 0 Å². The second-order valence-corrected chi connectivity index (χ2v) is 5.19. The van der Waals surface area contributed by atoms with Crippen LogP contribution in [0.4, 0.5) is 5.95 Å². The van der Waals surface area contributed by atoms with Gasteiger partial charge in [-0.2, -0.15) is 0 Å². The number of anilines is 1. The van der Waals surface area contributed by atoms with Crippen LogP contribution in [0.15, 0.2) is 0 Å². The minimum atomic E-state index is 0.254. The lowest BCUT2D eigenvalue weighted by molar-refractivity contribution is 0.192. The molecule has 0 aliphatic heterocycles. The van der Waals surface area contributed by atoms with E-state index in [2.05, 4.69) is 15.5 Å². The van der Waals surface area contributed by atoms with Crippen molar-refractivity contribution in [3.63, 3.8) is 0 Å². The molecule has 0 aromatic carbocycles. The molecule has 0 amide bonds. The first-order valence-electron chi connectivity index (χ1n) is 6.47. The molecule has 1 aromatic rings. The molecule has 1 aliphatic rings. The lowest BCUT2D eigenvalue weighted by Gasteiger charge is -2.35. The molecule has 1 aromatic heterocycles. The van der Waals surface area contributed by atoms with Crippen LogP contribution in [0.1, 0.15) is 37.9 Å². The lowest BCUT2D eigenvalue weighted by Crippen LogP contribution is -2.35. The van der Waals surface area contributed by atoms with E-state index >= 15 is 0 Å². The normalized spacial score (nSPS) is 19.2. The Bertz CT molecular complexity index is 365. The van der Waals surface area contributed by atoms with Gasteiger partial charge in [0.25, 0.3) is 0 Å². The zero-order valence-corrected chi connectivity index (χ0v) is 10.9. The highest BCUT2D eigenvalue weighted by Gasteiger charge is 2.32. The van der Waals surface area contributed by atoms with E-state index in [1.165, 1.54) is 32.1 Å². The van der Waals surface area contributed by atoms with Gasteiger partial charge in [-0.1, -0.05) is 19.3 Å². The summed E-state index contributed by atoms with van der Waals surface area (Å²) in [5.41, 5.74) is 6.26. The maximum atomic E-state index is 6.00. The Hall–Kier alpha value is -1.10. The first-order valence-corrected chi connectivity index (χ1v) is 6.47. The molecule has 0 spiro atoms. The van der Waals surface area contributed by atoms with Crippen molar-refractivity contribution in [2.24, 2.45) is 18.2 Å². The van der Waals surface area contributed by atoms with E-state index in [-0.39, 0.29) is 5.41 Å². The zero-order valence-electron chi connectivity index (χ0n) is 10.9. The molecule has 1 heterocycles. The fourth-order valence-corrected chi connectivity index (χ4v) is 2.82. The van der Waals surface area contributed by atoms with Gasteiger partial charge >= 0.3 is 0 Å². The number of nitrogens with two attached hydrogens (primary N) is 1. The van der Waals surface area contributed by atoms with Crippen molar-refractivity contribution >= 4 is 5.95 Å². The van der Waals surface area contributed by atoms with Crippen LogP contribution in [0.25, 0.3) is 0 Å². The number of hydrogen-bond acceptors (Lipinski definition) is 4. The molecule has 0 unspecified atom stereocenters. The Morgan fingerprint density at radius 3 is 2.53 bits per heavy atom. The first-order chi connectivity index (χ1) is 8.21. The molecule has 0 radical (unpaired) electrons. The average Bonchev–Trinajstić information content (AvgIpc) is 2.71. The minimum absolute atomic E-state index is 0.254. The standard InChI is InChI=1S/C12H23N5/c1-14-11-16-15-10(17(11)2)8-12(9-13)6-4-3-5-7-12/h3-9,13H2,1-2H3,(H,14,16). The van der Waals surface area contributed by atoms with Gasteiger partial charge in [0.2, 0.25) is 5.95 Å². The molecular weight excluding hydrogens is 214 g/mol. The first kappa shape index (κ1) is 12.4. The third kappa shape index (κ3) is 2.44. The molecule has 3 N–H and O–H groups in total. The third-order valence-electron chi connectivity index (χ3n) is 4.07. The van der Waals surface area contributed by atoms with Gasteiger partial charge in [0.05, 0.1) is 0 Å². The van der Waals surface area contributed by atoms with Crippen LogP contribution in [-0.4, -0.2) is 28.4 Å². The van der Waals surface area contributed by atoms with Crippen molar-refractivity contribution in [2.45, 2.75) is 38.5 Å². The zero-order chi connectivity index (χ0) is 12.3. The molecule has 2 rings (SSSR count). The van der Waals surface area contributed by atoms with Crippen molar-refractivity contribution in [1.29, 1.82) is 0 Å². The van der Waals surface area contributed by atoms with Gasteiger partial charge in [-0.25, -0.2) is 0 Å². The van der Waals surface area contributed by atoms with Crippen molar-refractivity contribution in [3.8, 4) is 0 Å². The second-order valence-electron chi connectivity index (χ2n) is 5.19. The van der Waals surface area contributed by atoms with Crippen LogP contribution in [0.5, 0.6) is 0 Å². The predicted molar refractivity (Wildman–Crippen MR) is 68.8 cm³/mol. The highest BCUT2D eigenvalue weighted by molar-refractivity contribution is 5.24. The van der Waals surface area contributed by atoms with Crippen LogP contribution in [0.3, 0.4) is 0 Å². The van der Waals surface area contributed by atoms with E-state index in [9.17, 15) is 0 Å². The molecule has 96 valence electrons. The van der Waals surface area contributed by atoms with Gasteiger partial charge in [-0.05, 0) is 24.8 Å². The topological polar surface area (TPSA) is 68.8 Å². The highest BCUT2D eigenvalue weighted by Crippen LogP contribution is 2.38. The van der Waals surface area contributed by atoms with Gasteiger partial charge in [-0.15, -0.1) is 10.2 Å². The summed E-state index contributed by atoms with van der Waals surface area (Å²) in [7, 11) is 3.88. The van der Waals surface area contributed by atoms with Crippen molar-refractivity contribution < 1.29 is 0 Å². The molecule has 5 heteroatoms. The quantitative estimate of drug-likeness (QED) is 0.828. The molecular formula is C12H23N5. The molecule has 0 saturated heterocycles. The maximum Gasteiger partial charge on any atom is 0.224 e. The van der Waals surface area contributed by atoms with Crippen LogP contribution >= 0.6 is 0 Å². The van der Waals surface area contributed by atoms with Crippen LogP contribution in [0, 0.1) is 5.41 Å². The number of nitrogens with zero attached hydrogens (tertiary/aromatic N) is 3. The third-order valence-corrected chi connectivity index (χ3v) is 4.07. The van der Waals surface area contributed by atoms with E-state index in [0.29, 0.717) is 0 Å². The van der Waals surface area contributed by atoms with E-state index in [1.54, 1.807) is 0 Å². The van der Waals surface area contributed by atoms with Crippen LogP contribution in [-0.2, 0) is 13.5 Å². The van der Waals surface area contributed by atoms with E-state index in [4.69, 9.17) is 5.73 Å². The van der Waals surface area contributed by atoms with Crippen molar-refractivity contribution in [3.05, 3.63) is 5.82 Å². The summed E-state index contributed by atoms with van der Waals surface area (Å²) in [6.45, 7) is 0.759. The van der Waals surface area contributed by atoms with Crippen LogP contribution < -0.4 is 11.1 Å². The molecule has 0 bridgehead atoms. The smallest absolute Gasteiger partial charge is 0.224 e. The maximum absolute atomic E-state index is 6.00. The van der Waals surface area contributed by atoms with Gasteiger partial charge in [0.1, 0.15) is 5.82 Å². The van der Waals surface area contributed by atoms with Crippen molar-refractivity contribution in [2.75, 3.05) is 18.9 Å². The summed E-state index contributed by atoms with van der Waals surface area (Å²) >= 11 is 0. The number of nitrogens with one attached hydrogen (secondary N) is 1. The molecule has 1 fully saturated rings. The predicted octanol–water partition coefficient (Wildman–Crippen LogP) is 1.31. The lowest BCUT2D eigenvalue weighted by atomic mass is 9.72. The SMILES string of the molecule is CNc1nnc(CC2(CN)CCCCC2)n1C. The Morgan fingerprint density at radius 2 is 2.00 bits per heavy atom. The van der Waals surface area contributed by atoms with Gasteiger partial charge in [-0.3, -0.25) is 0 Å². The summed E-state index contributed by atoms with van der Waals surface area (Å²) in [6, 6.07) is 0. The van der Waals surface area contributed by atoms with Gasteiger partial charge in [0.15, 0.2) is 0 Å². The summed E-state index contributed by atoms with van der Waals surface area (Å²) < 4.78 is 2.03. The Morgan fingerprint density at radius 1 is 1.29 bits per heavy atom. The number of rotatable bonds is 4. The molecule has 5 nitrogen and oxygen atoms in total. The summed E-state index contributed by atoms with van der Waals surface area (Å²) in [6.07, 6.45) is 7.36. The molecule has 1 aliphatic carbocycles. The Kier molecular flexibility index (Phi) is 3.66. The minimum Gasteiger partial charge on any atom is -0.357 e. The Balaban J connectivity index is 2.14. The molecule has 1 saturated carbocycles. The summed E-state index contributed by atoms with van der Waals surface area (Å²) in [4.78, 5) is 0. The fourth-order valence-electron chi connectivity index (χ4n) is 2.82. The van der Waals surface area contributed by atoms with Gasteiger partial charge in [0, 0.05) is 20.5 Å². The highest BCUT2D eigenvalue weighted by atomic mass is 15.3. The summed E-state index contributed by atoms with van der Waals surface area (Å²) in [5, 5.41) is 11.4. The fraction of sp³-hybridized carbons (Fsp3) is 0.833. The largest absolute Gasteiger partial charge is 0.357 e.